The Balaban J connectivity index is 1.91. The number of furan rings is 1. The van der Waals surface area contributed by atoms with Gasteiger partial charge in [-0.3, -0.25) is 0 Å². The molecule has 1 heterocycles. The van der Waals surface area contributed by atoms with E-state index in [1.54, 1.807) is 0 Å². The molecule has 0 saturated carbocycles. The number of fused-ring (bicyclic) bond motifs is 3. The molecule has 2 bridgehead atoms. The summed E-state index contributed by atoms with van der Waals surface area (Å²) >= 11 is 0. The SMILES string of the molecule is CC1(C)c2cccc(c2)-c2cccc3oc4ccc(-c5ccccc5)c1c4c23. The van der Waals surface area contributed by atoms with Gasteiger partial charge in [0, 0.05) is 16.2 Å². The molecule has 28 heavy (non-hydrogen) atoms. The third kappa shape index (κ3) is 1.96. The van der Waals surface area contributed by atoms with Gasteiger partial charge < -0.3 is 4.42 Å². The van der Waals surface area contributed by atoms with E-state index in [1.807, 2.05) is 0 Å². The highest BCUT2D eigenvalue weighted by Gasteiger charge is 2.32. The van der Waals surface area contributed by atoms with Crippen LogP contribution in [-0.4, -0.2) is 0 Å². The maximum Gasteiger partial charge on any atom is 0.136 e. The molecule has 1 aliphatic carbocycles. The van der Waals surface area contributed by atoms with E-state index in [-0.39, 0.29) is 5.41 Å². The van der Waals surface area contributed by atoms with Crippen LogP contribution in [0, 0.1) is 0 Å². The van der Waals surface area contributed by atoms with E-state index in [4.69, 9.17) is 4.42 Å². The predicted octanol–water partition coefficient (Wildman–Crippen LogP) is 7.56. The summed E-state index contributed by atoms with van der Waals surface area (Å²) in [5.74, 6) is 0. The summed E-state index contributed by atoms with van der Waals surface area (Å²) in [6.45, 7) is 4.67. The lowest BCUT2D eigenvalue weighted by molar-refractivity contribution is 0.644. The summed E-state index contributed by atoms with van der Waals surface area (Å²) in [5.41, 5.74) is 9.49. The summed E-state index contributed by atoms with van der Waals surface area (Å²) < 4.78 is 6.33. The number of rotatable bonds is 1. The van der Waals surface area contributed by atoms with E-state index in [1.165, 1.54) is 44.2 Å². The van der Waals surface area contributed by atoms with Crippen LogP contribution in [0.5, 0.6) is 0 Å². The minimum atomic E-state index is -0.148. The van der Waals surface area contributed by atoms with E-state index in [9.17, 15) is 0 Å². The Morgan fingerprint density at radius 1 is 0.607 bits per heavy atom. The lowest BCUT2D eigenvalue weighted by Gasteiger charge is -2.31. The van der Waals surface area contributed by atoms with Gasteiger partial charge in [-0.2, -0.15) is 0 Å². The molecule has 1 heteroatoms. The molecule has 1 aliphatic rings. The fourth-order valence-electron chi connectivity index (χ4n) is 4.88. The van der Waals surface area contributed by atoms with E-state index >= 15 is 0 Å². The second kappa shape index (κ2) is 5.36. The van der Waals surface area contributed by atoms with Crippen LogP contribution in [0.2, 0.25) is 0 Å². The molecular weight excluding hydrogens is 340 g/mol. The van der Waals surface area contributed by atoms with Crippen molar-refractivity contribution in [2.24, 2.45) is 0 Å². The Morgan fingerprint density at radius 2 is 1.36 bits per heavy atom. The molecule has 5 aromatic rings. The predicted molar refractivity (Wildman–Crippen MR) is 117 cm³/mol. The molecule has 1 aromatic heterocycles. The van der Waals surface area contributed by atoms with Crippen molar-refractivity contribution in [2.45, 2.75) is 19.3 Å². The maximum absolute atomic E-state index is 6.33. The summed E-state index contributed by atoms with van der Waals surface area (Å²) in [7, 11) is 0. The Bertz CT molecular complexity index is 1370. The fraction of sp³-hybridized carbons (Fsp3) is 0.111. The number of hydrogen-bond donors (Lipinski definition) is 0. The van der Waals surface area contributed by atoms with Gasteiger partial charge in [0.25, 0.3) is 0 Å². The first-order valence-corrected chi connectivity index (χ1v) is 9.79. The van der Waals surface area contributed by atoms with Gasteiger partial charge in [-0.05, 0) is 45.5 Å². The van der Waals surface area contributed by atoms with Gasteiger partial charge >= 0.3 is 0 Å². The smallest absolute Gasteiger partial charge is 0.136 e. The monoisotopic (exact) mass is 360 g/mol. The second-order valence-corrected chi connectivity index (χ2v) is 8.21. The van der Waals surface area contributed by atoms with Crippen molar-refractivity contribution >= 4 is 21.9 Å². The highest BCUT2D eigenvalue weighted by atomic mass is 16.3. The zero-order valence-electron chi connectivity index (χ0n) is 16.0. The standard InChI is InChI=1S/C27H20O/c1-27(2)19-11-6-10-18(16-19)20-12-7-13-22-24(20)25-23(28-22)15-14-21(26(25)27)17-8-4-3-5-9-17/h3-16H,1-2H3. The normalized spacial score (nSPS) is 14.4. The molecule has 4 aromatic carbocycles. The summed E-state index contributed by atoms with van der Waals surface area (Å²) in [5, 5.41) is 2.49. The van der Waals surface area contributed by atoms with Crippen LogP contribution in [0.1, 0.15) is 25.0 Å². The zero-order valence-corrected chi connectivity index (χ0v) is 16.0. The third-order valence-electron chi connectivity index (χ3n) is 6.27. The molecule has 0 radical (unpaired) electrons. The van der Waals surface area contributed by atoms with Crippen LogP contribution in [0.15, 0.2) is 89.3 Å². The maximum atomic E-state index is 6.33. The molecule has 0 aliphatic heterocycles. The first-order chi connectivity index (χ1) is 13.6. The Hall–Kier alpha value is -3.32. The van der Waals surface area contributed by atoms with Crippen LogP contribution in [0.25, 0.3) is 44.2 Å². The third-order valence-corrected chi connectivity index (χ3v) is 6.27. The van der Waals surface area contributed by atoms with E-state index in [0.29, 0.717) is 0 Å². The van der Waals surface area contributed by atoms with Crippen molar-refractivity contribution in [1.29, 1.82) is 0 Å². The van der Waals surface area contributed by atoms with Gasteiger partial charge in [0.15, 0.2) is 0 Å². The molecule has 0 spiro atoms. The minimum Gasteiger partial charge on any atom is -0.456 e. The second-order valence-electron chi connectivity index (χ2n) is 8.21. The fourth-order valence-corrected chi connectivity index (χ4v) is 4.88. The molecule has 134 valence electrons. The highest BCUT2D eigenvalue weighted by molar-refractivity contribution is 6.16. The molecule has 0 amide bonds. The number of benzene rings is 4. The van der Waals surface area contributed by atoms with Crippen LogP contribution in [0.3, 0.4) is 0 Å². The largest absolute Gasteiger partial charge is 0.456 e. The van der Waals surface area contributed by atoms with Gasteiger partial charge in [0.1, 0.15) is 11.2 Å². The van der Waals surface area contributed by atoms with Crippen LogP contribution < -0.4 is 0 Å². The molecule has 6 rings (SSSR count). The van der Waals surface area contributed by atoms with Crippen molar-refractivity contribution in [2.75, 3.05) is 0 Å². The van der Waals surface area contributed by atoms with Crippen LogP contribution in [-0.2, 0) is 5.41 Å². The molecule has 0 N–H and O–H groups in total. The van der Waals surface area contributed by atoms with Crippen molar-refractivity contribution in [3.63, 3.8) is 0 Å². The van der Waals surface area contributed by atoms with Crippen molar-refractivity contribution < 1.29 is 4.42 Å². The first-order valence-electron chi connectivity index (χ1n) is 9.79. The summed E-state index contributed by atoms with van der Waals surface area (Å²) in [6.07, 6.45) is 0. The van der Waals surface area contributed by atoms with Gasteiger partial charge in [-0.15, -0.1) is 0 Å². The molecule has 0 atom stereocenters. The lowest BCUT2D eigenvalue weighted by Crippen LogP contribution is -2.21. The van der Waals surface area contributed by atoms with Crippen LogP contribution in [0.4, 0.5) is 0 Å². The Kier molecular flexibility index (Phi) is 3.01. The molecule has 0 unspecified atom stereocenters. The quantitative estimate of drug-likeness (QED) is 0.300. The minimum absolute atomic E-state index is 0.148. The Labute approximate surface area is 164 Å². The van der Waals surface area contributed by atoms with Gasteiger partial charge in [0.2, 0.25) is 0 Å². The summed E-state index contributed by atoms with van der Waals surface area (Å²) in [6, 6.07) is 30.4. The van der Waals surface area contributed by atoms with E-state index in [0.717, 1.165) is 11.2 Å². The number of hydrogen-bond acceptors (Lipinski definition) is 1. The van der Waals surface area contributed by atoms with E-state index in [2.05, 4.69) is 98.8 Å². The highest BCUT2D eigenvalue weighted by Crippen LogP contribution is 2.49. The molecule has 1 nitrogen and oxygen atoms in total. The van der Waals surface area contributed by atoms with Crippen LogP contribution >= 0.6 is 0 Å². The average Bonchev–Trinajstić information content (AvgIpc) is 3.12. The summed E-state index contributed by atoms with van der Waals surface area (Å²) in [4.78, 5) is 0. The topological polar surface area (TPSA) is 13.1 Å². The average molecular weight is 360 g/mol. The Morgan fingerprint density at radius 3 is 2.21 bits per heavy atom. The lowest BCUT2D eigenvalue weighted by atomic mass is 9.71. The molecule has 0 saturated heterocycles. The van der Waals surface area contributed by atoms with E-state index < -0.39 is 0 Å². The zero-order chi connectivity index (χ0) is 18.9. The van der Waals surface area contributed by atoms with Crippen molar-refractivity contribution in [3.05, 3.63) is 96.1 Å². The van der Waals surface area contributed by atoms with Crippen molar-refractivity contribution in [3.8, 4) is 22.3 Å². The van der Waals surface area contributed by atoms with Gasteiger partial charge in [-0.25, -0.2) is 0 Å². The van der Waals surface area contributed by atoms with Gasteiger partial charge in [0.05, 0.1) is 0 Å². The first kappa shape index (κ1) is 15.7. The molecular formula is C27H20O. The van der Waals surface area contributed by atoms with Gasteiger partial charge in [-0.1, -0.05) is 86.6 Å². The van der Waals surface area contributed by atoms with Crippen molar-refractivity contribution in [1.82, 2.24) is 0 Å². The molecule has 0 fully saturated rings.